The van der Waals surface area contributed by atoms with Crippen molar-refractivity contribution in [3.63, 3.8) is 0 Å². The number of benzene rings is 2. The third-order valence-electron chi connectivity index (χ3n) is 4.65. The van der Waals surface area contributed by atoms with Crippen LogP contribution in [-0.4, -0.2) is 18.4 Å². The van der Waals surface area contributed by atoms with Crippen molar-refractivity contribution >= 4 is 17.5 Å². The Balaban J connectivity index is 2.17. The van der Waals surface area contributed by atoms with Gasteiger partial charge in [-0.05, 0) is 42.0 Å². The third kappa shape index (κ3) is 4.72. The Bertz CT molecular complexity index is 761. The molecule has 0 saturated carbocycles. The number of amides is 2. The summed E-state index contributed by atoms with van der Waals surface area (Å²) in [6.07, 6.45) is 1.63. The minimum absolute atomic E-state index is 0.0330. The highest BCUT2D eigenvalue weighted by atomic mass is 16.2. The van der Waals surface area contributed by atoms with Gasteiger partial charge in [0.25, 0.3) is 0 Å². The summed E-state index contributed by atoms with van der Waals surface area (Å²) < 4.78 is 0. The minimum atomic E-state index is -0.156. The number of para-hydroxylation sites is 1. The number of nitrogens with one attached hydrogen (secondary N) is 1. The second-order valence-electron chi connectivity index (χ2n) is 6.44. The van der Waals surface area contributed by atoms with E-state index < -0.39 is 0 Å². The van der Waals surface area contributed by atoms with Crippen LogP contribution in [0.25, 0.3) is 0 Å². The SMILES string of the molecule is CCc1cccc(CC)c1N(CC(=O)NCc1ccccc1C)C(C)=O. The maximum absolute atomic E-state index is 12.5. The highest BCUT2D eigenvalue weighted by Gasteiger charge is 2.20. The summed E-state index contributed by atoms with van der Waals surface area (Å²) in [5, 5.41) is 2.94. The predicted octanol–water partition coefficient (Wildman–Crippen LogP) is 3.79. The lowest BCUT2D eigenvalue weighted by Crippen LogP contribution is -2.40. The van der Waals surface area contributed by atoms with Crippen molar-refractivity contribution < 1.29 is 9.59 Å². The van der Waals surface area contributed by atoms with Crippen LogP contribution < -0.4 is 10.2 Å². The van der Waals surface area contributed by atoms with Crippen LogP contribution in [0.3, 0.4) is 0 Å². The maximum Gasteiger partial charge on any atom is 0.240 e. The Labute approximate surface area is 156 Å². The highest BCUT2D eigenvalue weighted by Crippen LogP contribution is 2.27. The quantitative estimate of drug-likeness (QED) is 0.824. The molecule has 0 saturated heterocycles. The van der Waals surface area contributed by atoms with Crippen molar-refractivity contribution in [3.05, 3.63) is 64.7 Å². The normalized spacial score (nSPS) is 10.5. The van der Waals surface area contributed by atoms with Gasteiger partial charge in [-0.15, -0.1) is 0 Å². The van der Waals surface area contributed by atoms with Crippen molar-refractivity contribution in [1.82, 2.24) is 5.32 Å². The molecule has 1 N–H and O–H groups in total. The number of aryl methyl sites for hydroxylation is 3. The van der Waals surface area contributed by atoms with Crippen molar-refractivity contribution in [2.45, 2.75) is 47.1 Å². The van der Waals surface area contributed by atoms with E-state index in [4.69, 9.17) is 0 Å². The molecule has 4 heteroatoms. The number of hydrogen-bond acceptors (Lipinski definition) is 2. The van der Waals surface area contributed by atoms with Gasteiger partial charge in [0.05, 0.1) is 5.69 Å². The van der Waals surface area contributed by atoms with Gasteiger partial charge < -0.3 is 10.2 Å². The number of nitrogens with zero attached hydrogens (tertiary/aromatic N) is 1. The summed E-state index contributed by atoms with van der Waals surface area (Å²) in [5.41, 5.74) is 5.29. The predicted molar refractivity (Wildman–Crippen MR) is 106 cm³/mol. The standard InChI is InChI=1S/C22H28N2O2/c1-5-18-12-9-13-19(6-2)22(18)24(17(4)25)15-21(26)23-14-20-11-8-7-10-16(20)3/h7-13H,5-6,14-15H2,1-4H3,(H,23,26). The molecular formula is C22H28N2O2. The number of hydrogen-bond donors (Lipinski definition) is 1. The molecule has 0 radical (unpaired) electrons. The first-order valence-electron chi connectivity index (χ1n) is 9.18. The van der Waals surface area contributed by atoms with Gasteiger partial charge in [-0.1, -0.05) is 56.3 Å². The molecule has 2 rings (SSSR count). The second-order valence-corrected chi connectivity index (χ2v) is 6.44. The van der Waals surface area contributed by atoms with E-state index in [2.05, 4.69) is 19.2 Å². The summed E-state index contributed by atoms with van der Waals surface area (Å²) in [4.78, 5) is 26.4. The van der Waals surface area contributed by atoms with E-state index in [1.807, 2.05) is 49.4 Å². The van der Waals surface area contributed by atoms with E-state index in [9.17, 15) is 9.59 Å². The molecular weight excluding hydrogens is 324 g/mol. The molecule has 0 atom stereocenters. The molecule has 26 heavy (non-hydrogen) atoms. The fourth-order valence-corrected chi connectivity index (χ4v) is 3.11. The van der Waals surface area contributed by atoms with Crippen LogP contribution in [0.5, 0.6) is 0 Å². The topological polar surface area (TPSA) is 49.4 Å². The molecule has 2 amide bonds. The van der Waals surface area contributed by atoms with Gasteiger partial charge in [0, 0.05) is 13.5 Å². The van der Waals surface area contributed by atoms with E-state index in [1.165, 1.54) is 6.92 Å². The summed E-state index contributed by atoms with van der Waals surface area (Å²) in [6, 6.07) is 14.0. The molecule has 0 heterocycles. The summed E-state index contributed by atoms with van der Waals surface area (Å²) >= 11 is 0. The first-order valence-corrected chi connectivity index (χ1v) is 9.18. The molecule has 0 bridgehead atoms. The van der Waals surface area contributed by atoms with Crippen molar-refractivity contribution in [2.24, 2.45) is 0 Å². The summed E-state index contributed by atoms with van der Waals surface area (Å²) in [7, 11) is 0. The van der Waals surface area contributed by atoms with Crippen LogP contribution in [0, 0.1) is 6.92 Å². The van der Waals surface area contributed by atoms with Crippen LogP contribution in [0.1, 0.15) is 43.0 Å². The molecule has 0 aliphatic heterocycles. The van der Waals surface area contributed by atoms with Gasteiger partial charge >= 0.3 is 0 Å². The van der Waals surface area contributed by atoms with E-state index in [-0.39, 0.29) is 18.4 Å². The first-order chi connectivity index (χ1) is 12.5. The van der Waals surface area contributed by atoms with Crippen molar-refractivity contribution in [1.29, 1.82) is 0 Å². The van der Waals surface area contributed by atoms with Crippen molar-refractivity contribution in [2.75, 3.05) is 11.4 Å². The van der Waals surface area contributed by atoms with E-state index >= 15 is 0 Å². The fraction of sp³-hybridized carbons (Fsp3) is 0.364. The van der Waals surface area contributed by atoms with Gasteiger partial charge in [0.2, 0.25) is 11.8 Å². The molecule has 138 valence electrons. The van der Waals surface area contributed by atoms with E-state index in [0.717, 1.165) is 40.8 Å². The highest BCUT2D eigenvalue weighted by molar-refractivity contribution is 5.98. The van der Waals surface area contributed by atoms with Crippen LogP contribution in [0.4, 0.5) is 5.69 Å². The average molecular weight is 352 g/mol. The molecule has 2 aromatic carbocycles. The molecule has 0 spiro atoms. The van der Waals surface area contributed by atoms with Gasteiger partial charge in [0.1, 0.15) is 6.54 Å². The van der Waals surface area contributed by atoms with E-state index in [1.54, 1.807) is 4.90 Å². The molecule has 0 unspecified atom stereocenters. The minimum Gasteiger partial charge on any atom is -0.350 e. The molecule has 4 nitrogen and oxygen atoms in total. The Morgan fingerprint density at radius 1 is 0.923 bits per heavy atom. The Morgan fingerprint density at radius 2 is 1.50 bits per heavy atom. The lowest BCUT2D eigenvalue weighted by molar-refractivity contribution is -0.123. The van der Waals surface area contributed by atoms with Gasteiger partial charge in [-0.25, -0.2) is 0 Å². The molecule has 0 aliphatic carbocycles. The average Bonchev–Trinajstić information content (AvgIpc) is 2.64. The zero-order chi connectivity index (χ0) is 19.1. The van der Waals surface area contributed by atoms with Crippen LogP contribution in [0.15, 0.2) is 42.5 Å². The zero-order valence-corrected chi connectivity index (χ0v) is 16.1. The summed E-state index contributed by atoms with van der Waals surface area (Å²) in [5.74, 6) is -0.275. The Hall–Kier alpha value is -2.62. The lowest BCUT2D eigenvalue weighted by atomic mass is 10.0. The van der Waals surface area contributed by atoms with Crippen LogP contribution >= 0.6 is 0 Å². The van der Waals surface area contributed by atoms with Crippen LogP contribution in [-0.2, 0) is 29.0 Å². The maximum atomic E-state index is 12.5. The smallest absolute Gasteiger partial charge is 0.240 e. The monoisotopic (exact) mass is 352 g/mol. The Morgan fingerprint density at radius 3 is 2.04 bits per heavy atom. The number of carbonyl (C=O) groups excluding carboxylic acids is 2. The van der Waals surface area contributed by atoms with Gasteiger partial charge in [0.15, 0.2) is 0 Å². The number of carbonyl (C=O) groups is 2. The van der Waals surface area contributed by atoms with Crippen molar-refractivity contribution in [3.8, 4) is 0 Å². The lowest BCUT2D eigenvalue weighted by Gasteiger charge is -2.26. The molecule has 0 fully saturated rings. The second kappa shape index (κ2) is 9.18. The zero-order valence-electron chi connectivity index (χ0n) is 16.1. The Kier molecular flexibility index (Phi) is 6.96. The number of anilines is 1. The molecule has 0 aromatic heterocycles. The fourth-order valence-electron chi connectivity index (χ4n) is 3.11. The molecule has 2 aromatic rings. The third-order valence-corrected chi connectivity index (χ3v) is 4.65. The molecule has 0 aliphatic rings. The number of rotatable bonds is 7. The van der Waals surface area contributed by atoms with Crippen LogP contribution in [0.2, 0.25) is 0 Å². The van der Waals surface area contributed by atoms with E-state index in [0.29, 0.717) is 6.54 Å². The van der Waals surface area contributed by atoms with Gasteiger partial charge in [-0.3, -0.25) is 9.59 Å². The first kappa shape index (κ1) is 19.7. The van der Waals surface area contributed by atoms with Gasteiger partial charge in [-0.2, -0.15) is 0 Å². The largest absolute Gasteiger partial charge is 0.350 e. The summed E-state index contributed by atoms with van der Waals surface area (Å²) in [6.45, 7) is 8.16.